The first-order valence-corrected chi connectivity index (χ1v) is 10.3. The van der Waals surface area contributed by atoms with Gasteiger partial charge in [0.25, 0.3) is 0 Å². The summed E-state index contributed by atoms with van der Waals surface area (Å²) in [7, 11) is 0. The molecule has 0 radical (unpaired) electrons. The molecule has 0 aliphatic rings. The number of aliphatic imine (C=N–C) groups is 2. The number of carboxylic acids is 1. The Labute approximate surface area is 190 Å². The van der Waals surface area contributed by atoms with E-state index in [2.05, 4.69) is 30.6 Å². The van der Waals surface area contributed by atoms with E-state index < -0.39 is 35.9 Å². The molecule has 0 aliphatic carbocycles. The van der Waals surface area contributed by atoms with Gasteiger partial charge in [0.1, 0.15) is 12.1 Å². The van der Waals surface area contributed by atoms with E-state index >= 15 is 0 Å². The van der Waals surface area contributed by atoms with Crippen molar-refractivity contribution in [3.8, 4) is 0 Å². The maximum Gasteiger partial charge on any atom is 0.326 e. The maximum atomic E-state index is 12.8. The minimum Gasteiger partial charge on any atom is -0.480 e. The summed E-state index contributed by atoms with van der Waals surface area (Å²) in [6.07, 6.45) is 4.10. The monoisotopic (exact) mass is 467 g/mol. The number of H-pyrrole nitrogens is 1. The van der Waals surface area contributed by atoms with E-state index in [1.54, 1.807) is 0 Å². The van der Waals surface area contributed by atoms with Crippen molar-refractivity contribution in [2.75, 3.05) is 13.1 Å². The fourth-order valence-corrected chi connectivity index (χ4v) is 2.81. The fraction of sp³-hybridized carbons (Fsp3) is 0.556. The van der Waals surface area contributed by atoms with Gasteiger partial charge in [-0.15, -0.1) is 0 Å². The second kappa shape index (κ2) is 14.2. The van der Waals surface area contributed by atoms with Crippen LogP contribution in [-0.2, 0) is 20.8 Å². The molecular formula is C18H33N11O4. The molecule has 0 spiro atoms. The standard InChI is InChI=1S/C18H33N11O4/c19-11(7-10-8-24-9-27-10)14(30)28-12(3-1-5-25-17(20)21)15(31)29-13(16(32)33)4-2-6-26-18(22)23/h8-9,11-13H,1-7,19H2,(H,24,27)(H,28,30)(H,29,31)(H,32,33)(H4,20,21,25)(H4,22,23,26). The van der Waals surface area contributed by atoms with Crippen LogP contribution in [0.5, 0.6) is 0 Å². The number of nitrogens with two attached hydrogens (primary N) is 5. The molecule has 33 heavy (non-hydrogen) atoms. The van der Waals surface area contributed by atoms with E-state index in [1.165, 1.54) is 12.5 Å². The lowest BCUT2D eigenvalue weighted by Gasteiger charge is -2.22. The first-order chi connectivity index (χ1) is 15.6. The van der Waals surface area contributed by atoms with Crippen LogP contribution >= 0.6 is 0 Å². The summed E-state index contributed by atoms with van der Waals surface area (Å²) in [5, 5.41) is 14.5. The van der Waals surface area contributed by atoms with Gasteiger partial charge < -0.3 is 49.4 Å². The Morgan fingerprint density at radius 1 is 0.970 bits per heavy atom. The van der Waals surface area contributed by atoms with Crippen LogP contribution in [0, 0.1) is 0 Å². The molecule has 14 N–H and O–H groups in total. The van der Waals surface area contributed by atoms with E-state index in [9.17, 15) is 19.5 Å². The number of hydrogen-bond donors (Lipinski definition) is 9. The van der Waals surface area contributed by atoms with Crippen LogP contribution in [0.25, 0.3) is 0 Å². The lowest BCUT2D eigenvalue weighted by molar-refractivity contribution is -0.142. The van der Waals surface area contributed by atoms with Gasteiger partial charge in [-0.3, -0.25) is 19.6 Å². The predicted octanol–water partition coefficient (Wildman–Crippen LogP) is -3.56. The quantitative estimate of drug-likeness (QED) is 0.0694. The third kappa shape index (κ3) is 11.3. The van der Waals surface area contributed by atoms with Gasteiger partial charge in [0.05, 0.1) is 12.4 Å². The zero-order valence-electron chi connectivity index (χ0n) is 18.2. The zero-order valence-corrected chi connectivity index (χ0v) is 18.2. The summed E-state index contributed by atoms with van der Waals surface area (Å²) >= 11 is 0. The molecule has 3 unspecified atom stereocenters. The molecule has 0 bridgehead atoms. The van der Waals surface area contributed by atoms with Gasteiger partial charge in [-0.1, -0.05) is 0 Å². The largest absolute Gasteiger partial charge is 0.480 e. The smallest absolute Gasteiger partial charge is 0.326 e. The van der Waals surface area contributed by atoms with Gasteiger partial charge in [0.2, 0.25) is 11.8 Å². The molecule has 0 fully saturated rings. The summed E-state index contributed by atoms with van der Waals surface area (Å²) in [6, 6.07) is -3.19. The van der Waals surface area contributed by atoms with Crippen LogP contribution in [0.2, 0.25) is 0 Å². The Morgan fingerprint density at radius 3 is 2.00 bits per heavy atom. The number of carbonyl (C=O) groups excluding carboxylic acids is 2. The molecule has 1 aromatic heterocycles. The van der Waals surface area contributed by atoms with Crippen LogP contribution in [0.15, 0.2) is 22.5 Å². The fourth-order valence-electron chi connectivity index (χ4n) is 2.81. The van der Waals surface area contributed by atoms with E-state index in [1.807, 2.05) is 0 Å². The predicted molar refractivity (Wildman–Crippen MR) is 122 cm³/mol. The summed E-state index contributed by atoms with van der Waals surface area (Å²) in [4.78, 5) is 51.2. The number of aromatic nitrogens is 2. The number of carbonyl (C=O) groups is 3. The van der Waals surface area contributed by atoms with E-state index in [0.717, 1.165) is 0 Å². The zero-order chi connectivity index (χ0) is 24.8. The van der Waals surface area contributed by atoms with Gasteiger partial charge in [-0.2, -0.15) is 0 Å². The molecule has 2 amide bonds. The highest BCUT2D eigenvalue weighted by Crippen LogP contribution is 2.05. The summed E-state index contributed by atoms with van der Waals surface area (Å²) in [5.41, 5.74) is 27.7. The lowest BCUT2D eigenvalue weighted by Crippen LogP contribution is -2.54. The van der Waals surface area contributed by atoms with Crippen molar-refractivity contribution >= 4 is 29.7 Å². The van der Waals surface area contributed by atoms with Gasteiger partial charge >= 0.3 is 5.97 Å². The Morgan fingerprint density at radius 2 is 1.52 bits per heavy atom. The molecule has 15 nitrogen and oxygen atoms in total. The average Bonchev–Trinajstić information content (AvgIpc) is 3.24. The molecule has 0 saturated heterocycles. The van der Waals surface area contributed by atoms with Crippen LogP contribution in [0.3, 0.4) is 0 Å². The molecule has 1 heterocycles. The van der Waals surface area contributed by atoms with E-state index in [-0.39, 0.29) is 44.3 Å². The average molecular weight is 468 g/mol. The highest BCUT2D eigenvalue weighted by molar-refractivity contribution is 5.91. The van der Waals surface area contributed by atoms with Crippen LogP contribution < -0.4 is 39.3 Å². The highest BCUT2D eigenvalue weighted by atomic mass is 16.4. The van der Waals surface area contributed by atoms with Gasteiger partial charge in [-0.25, -0.2) is 9.78 Å². The summed E-state index contributed by atoms with van der Waals surface area (Å²) < 4.78 is 0. The number of aromatic amines is 1. The number of guanidine groups is 2. The number of amides is 2. The Balaban J connectivity index is 2.78. The van der Waals surface area contributed by atoms with Crippen molar-refractivity contribution in [3.05, 3.63) is 18.2 Å². The van der Waals surface area contributed by atoms with Crippen molar-refractivity contribution in [3.63, 3.8) is 0 Å². The molecule has 15 heteroatoms. The Hall–Kier alpha value is -3.88. The number of aliphatic carboxylic acids is 1. The third-order valence-electron chi connectivity index (χ3n) is 4.47. The first kappa shape index (κ1) is 27.2. The summed E-state index contributed by atoms with van der Waals surface area (Å²) in [5.74, 6) is -2.69. The number of nitrogens with one attached hydrogen (secondary N) is 3. The first-order valence-electron chi connectivity index (χ1n) is 10.3. The second-order valence-electron chi connectivity index (χ2n) is 7.25. The van der Waals surface area contributed by atoms with Crippen molar-refractivity contribution in [2.24, 2.45) is 38.7 Å². The van der Waals surface area contributed by atoms with Crippen molar-refractivity contribution in [1.82, 2.24) is 20.6 Å². The number of imidazole rings is 1. The minimum atomic E-state index is -1.23. The normalized spacial score (nSPS) is 13.2. The lowest BCUT2D eigenvalue weighted by atomic mass is 10.1. The molecule has 0 aromatic carbocycles. The molecule has 0 aliphatic heterocycles. The van der Waals surface area contributed by atoms with Crippen LogP contribution in [0.4, 0.5) is 0 Å². The Kier molecular flexibility index (Phi) is 11.7. The molecule has 0 saturated carbocycles. The van der Waals surface area contributed by atoms with Crippen molar-refractivity contribution in [1.29, 1.82) is 0 Å². The topological polar surface area (TPSA) is 279 Å². The number of carboxylic acid groups (broad SMARTS) is 1. The number of rotatable bonds is 15. The molecular weight excluding hydrogens is 434 g/mol. The Bertz CT molecular complexity index is 817. The van der Waals surface area contributed by atoms with Crippen molar-refractivity contribution in [2.45, 2.75) is 50.2 Å². The SMILES string of the molecule is NC(N)=NCCCC(NC(=O)C(CCCN=C(N)N)NC(=O)C(N)Cc1cnc[nH]1)C(=O)O. The molecule has 1 aromatic rings. The number of nitrogens with zero attached hydrogens (tertiary/aromatic N) is 3. The minimum absolute atomic E-state index is 0.0891. The highest BCUT2D eigenvalue weighted by Gasteiger charge is 2.27. The second-order valence-corrected chi connectivity index (χ2v) is 7.25. The van der Waals surface area contributed by atoms with E-state index in [4.69, 9.17) is 28.7 Å². The third-order valence-corrected chi connectivity index (χ3v) is 4.47. The maximum absolute atomic E-state index is 12.8. The number of hydrogen-bond acceptors (Lipinski definition) is 7. The van der Waals surface area contributed by atoms with E-state index in [0.29, 0.717) is 18.5 Å². The van der Waals surface area contributed by atoms with Crippen molar-refractivity contribution < 1.29 is 19.5 Å². The van der Waals surface area contributed by atoms with Gasteiger partial charge in [0.15, 0.2) is 11.9 Å². The molecule has 3 atom stereocenters. The van der Waals surface area contributed by atoms with Gasteiger partial charge in [0, 0.05) is 31.4 Å². The van der Waals surface area contributed by atoms with Crippen LogP contribution in [-0.4, -0.2) is 76.0 Å². The van der Waals surface area contributed by atoms with Gasteiger partial charge in [-0.05, 0) is 25.7 Å². The molecule has 184 valence electrons. The molecule has 1 rings (SSSR count). The summed E-state index contributed by atoms with van der Waals surface area (Å²) in [6.45, 7) is 0.437. The van der Waals surface area contributed by atoms with Crippen LogP contribution in [0.1, 0.15) is 31.4 Å².